The summed E-state index contributed by atoms with van der Waals surface area (Å²) < 4.78 is 23.7. The first-order chi connectivity index (χ1) is 19.3. The van der Waals surface area contributed by atoms with Gasteiger partial charge in [0.25, 0.3) is 5.91 Å². The molecule has 3 N–H and O–H groups in total. The number of carbonyl (C=O) groups is 3. The van der Waals surface area contributed by atoms with E-state index in [1.165, 1.54) is 42.5 Å². The molecule has 4 rings (SSSR count). The van der Waals surface area contributed by atoms with Crippen LogP contribution in [0.25, 0.3) is 6.08 Å². The molecule has 0 fully saturated rings. The Labute approximate surface area is 246 Å². The highest BCUT2D eigenvalue weighted by molar-refractivity contribution is 7.90. The van der Waals surface area contributed by atoms with E-state index in [1.807, 2.05) is 0 Å². The van der Waals surface area contributed by atoms with Crippen molar-refractivity contribution in [2.24, 2.45) is 0 Å². The molecule has 9 nitrogen and oxygen atoms in total. The highest BCUT2D eigenvalue weighted by Gasteiger charge is 2.29. The summed E-state index contributed by atoms with van der Waals surface area (Å²) in [6.45, 7) is 0.503. The maximum atomic E-state index is 13.2. The summed E-state index contributed by atoms with van der Waals surface area (Å²) in [4.78, 5) is 39.6. The number of halogens is 2. The van der Waals surface area contributed by atoms with Crippen LogP contribution in [0.4, 0.5) is 0 Å². The lowest BCUT2D eigenvalue weighted by atomic mass is 9.96. The molecule has 1 atom stereocenters. The summed E-state index contributed by atoms with van der Waals surface area (Å²) in [6.07, 6.45) is 4.10. The number of carboxylic acid groups (broad SMARTS) is 1. The zero-order valence-corrected chi connectivity index (χ0v) is 24.1. The molecule has 0 spiro atoms. The van der Waals surface area contributed by atoms with Gasteiger partial charge in [0, 0.05) is 37.4 Å². The highest BCUT2D eigenvalue weighted by atomic mass is 35.5. The number of nitrogens with one attached hydrogen (secondary N) is 1. The highest BCUT2D eigenvalue weighted by Crippen LogP contribution is 2.35. The minimum absolute atomic E-state index is 0.00601. The summed E-state index contributed by atoms with van der Waals surface area (Å²) in [5.41, 5.74) is 2.11. The number of benzene rings is 3. The summed E-state index contributed by atoms with van der Waals surface area (Å²) in [6, 6.07) is 12.6. The van der Waals surface area contributed by atoms with Crippen LogP contribution in [0.5, 0.6) is 5.75 Å². The zero-order valence-electron chi connectivity index (χ0n) is 21.8. The van der Waals surface area contributed by atoms with Gasteiger partial charge in [0.1, 0.15) is 11.8 Å². The van der Waals surface area contributed by atoms with Crippen LogP contribution in [0.1, 0.15) is 32.6 Å². The summed E-state index contributed by atoms with van der Waals surface area (Å²) >= 11 is 13.0. The average Bonchev–Trinajstić information content (AvgIpc) is 2.91. The first-order valence-corrected chi connectivity index (χ1v) is 15.1. The minimum Gasteiger partial charge on any atom is -0.507 e. The number of para-hydroxylation sites is 1. The van der Waals surface area contributed by atoms with E-state index in [1.54, 1.807) is 29.2 Å². The minimum atomic E-state index is -3.50. The number of amides is 2. The van der Waals surface area contributed by atoms with Crippen LogP contribution in [0, 0.1) is 0 Å². The molecule has 0 aliphatic carbocycles. The largest absolute Gasteiger partial charge is 0.507 e. The van der Waals surface area contributed by atoms with Crippen molar-refractivity contribution < 1.29 is 33.0 Å². The second-order valence-corrected chi connectivity index (χ2v) is 12.4. The molecule has 0 saturated carbocycles. The van der Waals surface area contributed by atoms with Crippen molar-refractivity contribution >= 4 is 56.9 Å². The Morgan fingerprint density at radius 3 is 2.51 bits per heavy atom. The van der Waals surface area contributed by atoms with E-state index < -0.39 is 27.8 Å². The Bertz CT molecular complexity index is 1670. The van der Waals surface area contributed by atoms with E-state index in [-0.39, 0.29) is 45.1 Å². The molecule has 3 aromatic rings. The van der Waals surface area contributed by atoms with Gasteiger partial charge in [0.2, 0.25) is 5.91 Å². The normalized spacial score (nSPS) is 14.0. The predicted molar refractivity (Wildman–Crippen MR) is 155 cm³/mol. The second-order valence-electron chi connectivity index (χ2n) is 9.57. The van der Waals surface area contributed by atoms with E-state index >= 15 is 0 Å². The number of hydrogen-bond acceptors (Lipinski definition) is 6. The van der Waals surface area contributed by atoms with Gasteiger partial charge in [0.15, 0.2) is 9.84 Å². The molecule has 0 saturated heterocycles. The lowest BCUT2D eigenvalue weighted by Crippen LogP contribution is -2.42. The molecule has 0 bridgehead atoms. The Hall–Kier alpha value is -3.86. The zero-order chi connectivity index (χ0) is 29.9. The lowest BCUT2D eigenvalue weighted by molar-refractivity contribution is -0.139. The number of fused-ring (bicyclic) bond motifs is 1. The topological polar surface area (TPSA) is 141 Å². The Morgan fingerprint density at radius 2 is 1.83 bits per heavy atom. The van der Waals surface area contributed by atoms with Crippen molar-refractivity contribution in [3.63, 3.8) is 0 Å². The molecule has 3 aromatic carbocycles. The molecule has 0 radical (unpaired) electrons. The van der Waals surface area contributed by atoms with Gasteiger partial charge in [-0.2, -0.15) is 0 Å². The van der Waals surface area contributed by atoms with Crippen LogP contribution in [-0.4, -0.2) is 60.2 Å². The van der Waals surface area contributed by atoms with Crippen LogP contribution in [-0.2, 0) is 38.8 Å². The van der Waals surface area contributed by atoms with Gasteiger partial charge in [-0.1, -0.05) is 53.5 Å². The second kappa shape index (κ2) is 12.3. The van der Waals surface area contributed by atoms with Crippen LogP contribution in [0.3, 0.4) is 0 Å². The Morgan fingerprint density at radius 1 is 1.10 bits per heavy atom. The van der Waals surface area contributed by atoms with Gasteiger partial charge in [-0.25, -0.2) is 13.2 Å². The number of aromatic hydroxyl groups is 1. The molecule has 12 heteroatoms. The van der Waals surface area contributed by atoms with E-state index in [9.17, 15) is 33.0 Å². The van der Waals surface area contributed by atoms with Crippen molar-refractivity contribution in [1.82, 2.24) is 10.2 Å². The number of carboxylic acids is 1. The maximum Gasteiger partial charge on any atom is 0.326 e. The third kappa shape index (κ3) is 7.08. The first-order valence-electron chi connectivity index (χ1n) is 12.4. The fourth-order valence-electron chi connectivity index (χ4n) is 4.51. The summed E-state index contributed by atoms with van der Waals surface area (Å²) in [5.74, 6) is -2.34. The third-order valence-corrected chi connectivity index (χ3v) is 8.48. The predicted octanol–water partition coefficient (Wildman–Crippen LogP) is 4.13. The number of aliphatic carboxylic acids is 1. The van der Waals surface area contributed by atoms with Crippen molar-refractivity contribution in [3.05, 3.63) is 98.5 Å². The number of sulfone groups is 1. The number of carbonyl (C=O) groups excluding carboxylic acids is 2. The summed E-state index contributed by atoms with van der Waals surface area (Å²) in [5, 5.41) is 22.2. The average molecular weight is 618 g/mol. The van der Waals surface area contributed by atoms with Gasteiger partial charge < -0.3 is 20.4 Å². The molecule has 0 aromatic heterocycles. The van der Waals surface area contributed by atoms with E-state index in [2.05, 4.69) is 5.32 Å². The van der Waals surface area contributed by atoms with Crippen molar-refractivity contribution in [3.8, 4) is 5.75 Å². The molecule has 214 valence electrons. The fraction of sp³-hybridized carbons (Fsp3) is 0.207. The number of rotatable bonds is 8. The third-order valence-electron chi connectivity index (χ3n) is 6.66. The van der Waals surface area contributed by atoms with Crippen molar-refractivity contribution in [1.29, 1.82) is 0 Å². The number of phenols is 1. The monoisotopic (exact) mass is 616 g/mol. The smallest absolute Gasteiger partial charge is 0.326 e. The van der Waals surface area contributed by atoms with Crippen LogP contribution in [0.2, 0.25) is 10.0 Å². The fourth-order valence-corrected chi connectivity index (χ4v) is 5.97. The van der Waals surface area contributed by atoms with E-state index in [0.717, 1.165) is 6.26 Å². The molecule has 1 heterocycles. The first kappa shape index (κ1) is 30.1. The molecular formula is C29H26Cl2N2O7S. The lowest BCUT2D eigenvalue weighted by Gasteiger charge is -2.29. The Kier molecular flexibility index (Phi) is 9.06. The number of hydrogen-bond donors (Lipinski definition) is 3. The van der Waals surface area contributed by atoms with E-state index in [4.69, 9.17) is 23.2 Å². The molecule has 0 unspecified atom stereocenters. The molecule has 2 amide bonds. The number of nitrogens with zero attached hydrogens (tertiary/aromatic N) is 1. The molecular weight excluding hydrogens is 591 g/mol. The van der Waals surface area contributed by atoms with Crippen LogP contribution in [0.15, 0.2) is 65.6 Å². The SMILES string of the molecule is CS(=O)(=O)c1cccc(C[C@H](NC(=O)c2c(Cl)cc3c(c2Cl)CCN(C(=O)C=Cc2ccccc2O)C3)C(=O)O)c1. The van der Waals surface area contributed by atoms with Gasteiger partial charge >= 0.3 is 5.97 Å². The van der Waals surface area contributed by atoms with Gasteiger partial charge in [0.05, 0.1) is 20.5 Å². The summed E-state index contributed by atoms with van der Waals surface area (Å²) in [7, 11) is -3.50. The van der Waals surface area contributed by atoms with Gasteiger partial charge in [-0.15, -0.1) is 0 Å². The molecule has 1 aliphatic rings. The van der Waals surface area contributed by atoms with E-state index in [0.29, 0.717) is 35.2 Å². The van der Waals surface area contributed by atoms with Gasteiger partial charge in [-0.05, 0) is 53.5 Å². The van der Waals surface area contributed by atoms with Crippen molar-refractivity contribution in [2.45, 2.75) is 30.3 Å². The molecule has 1 aliphatic heterocycles. The van der Waals surface area contributed by atoms with Crippen molar-refractivity contribution in [2.75, 3.05) is 12.8 Å². The quantitative estimate of drug-likeness (QED) is 0.323. The Balaban J connectivity index is 1.51. The maximum absolute atomic E-state index is 13.2. The molecule has 41 heavy (non-hydrogen) atoms. The van der Waals surface area contributed by atoms with Crippen LogP contribution < -0.4 is 5.32 Å². The number of phenolic OH excluding ortho intramolecular Hbond substituents is 1. The van der Waals surface area contributed by atoms with Crippen LogP contribution >= 0.6 is 23.2 Å². The van der Waals surface area contributed by atoms with Gasteiger partial charge in [-0.3, -0.25) is 9.59 Å². The standard InChI is InChI=1S/C29H26Cl2N2O7S/c1-41(39,40)20-7-4-5-17(13-20)14-23(29(37)38)32-28(36)26-22(30)15-19-16-33(12-11-21(19)27(26)31)25(35)10-9-18-6-2-3-8-24(18)34/h2-10,13,15,23,34H,11-12,14,16H2,1H3,(H,32,36)(H,37,38)/t23-/m0/s1.